The second-order valence-corrected chi connectivity index (χ2v) is 7.20. The Balaban J connectivity index is 1.71. The average Bonchev–Trinajstić information content (AvgIpc) is 2.70. The largest absolute Gasteiger partial charge is 0.506 e. The zero-order chi connectivity index (χ0) is 19.8. The second kappa shape index (κ2) is 6.99. The molecule has 0 radical (unpaired) electrons. The summed E-state index contributed by atoms with van der Waals surface area (Å²) in [7, 11) is 0. The Morgan fingerprint density at radius 2 is 1.82 bits per heavy atom. The van der Waals surface area contributed by atoms with Gasteiger partial charge >= 0.3 is 0 Å². The van der Waals surface area contributed by atoms with Gasteiger partial charge in [0.25, 0.3) is 5.56 Å². The van der Waals surface area contributed by atoms with E-state index in [1.165, 1.54) is 0 Å². The lowest BCUT2D eigenvalue weighted by Gasteiger charge is -2.32. The third kappa shape index (κ3) is 3.19. The topological polar surface area (TPSA) is 101 Å². The van der Waals surface area contributed by atoms with E-state index in [4.69, 9.17) is 5.73 Å². The number of nitrogen functional groups attached to an aromatic ring is 1. The van der Waals surface area contributed by atoms with Crippen LogP contribution in [-0.4, -0.2) is 38.6 Å². The molecule has 2 heterocycles. The number of carbonyl (C=O) groups is 1. The Kier molecular flexibility index (Phi) is 4.50. The molecule has 1 saturated heterocycles. The Bertz CT molecular complexity index is 1110. The van der Waals surface area contributed by atoms with Crippen molar-refractivity contribution < 1.29 is 9.90 Å². The fraction of sp³-hybridized carbons (Fsp3) is 0.286. The van der Waals surface area contributed by atoms with E-state index in [2.05, 4.69) is 4.98 Å². The highest BCUT2D eigenvalue weighted by Crippen LogP contribution is 2.29. The number of aromatic nitrogens is 2. The Labute approximate surface area is 162 Å². The number of phenolic OH excluding ortho intramolecular Hbond substituents is 1. The van der Waals surface area contributed by atoms with Crippen molar-refractivity contribution >= 4 is 22.5 Å². The highest BCUT2D eigenvalue weighted by Gasteiger charge is 2.23. The maximum atomic E-state index is 13.1. The lowest BCUT2D eigenvalue weighted by molar-refractivity contribution is -0.130. The molecule has 1 fully saturated rings. The molecule has 7 heteroatoms. The SMILES string of the molecule is CC(=O)N1CCC(n2cnc3ccc(-c4ccc(O)c(N)c4)cc3c2=O)CC1. The van der Waals surface area contributed by atoms with Crippen LogP contribution in [0.4, 0.5) is 5.69 Å². The molecule has 1 aliphatic rings. The molecule has 0 aliphatic carbocycles. The first-order valence-electron chi connectivity index (χ1n) is 9.29. The maximum absolute atomic E-state index is 13.1. The van der Waals surface area contributed by atoms with Gasteiger partial charge < -0.3 is 15.7 Å². The Morgan fingerprint density at radius 3 is 2.50 bits per heavy atom. The minimum absolute atomic E-state index is 0.0328. The molecule has 1 amide bonds. The number of fused-ring (bicyclic) bond motifs is 1. The van der Waals surface area contributed by atoms with Crippen LogP contribution in [0.5, 0.6) is 5.75 Å². The summed E-state index contributed by atoms with van der Waals surface area (Å²) in [5.74, 6) is 0.103. The maximum Gasteiger partial charge on any atom is 0.261 e. The van der Waals surface area contributed by atoms with Crippen LogP contribution in [0.2, 0.25) is 0 Å². The summed E-state index contributed by atoms with van der Waals surface area (Å²) in [5, 5.41) is 10.2. The average molecular weight is 378 g/mol. The summed E-state index contributed by atoms with van der Waals surface area (Å²) in [4.78, 5) is 30.9. The third-order valence-corrected chi connectivity index (χ3v) is 5.45. The molecular weight excluding hydrogens is 356 g/mol. The van der Waals surface area contributed by atoms with Gasteiger partial charge in [-0.05, 0) is 48.2 Å². The van der Waals surface area contributed by atoms with Gasteiger partial charge in [-0.3, -0.25) is 14.2 Å². The number of hydrogen-bond donors (Lipinski definition) is 2. The van der Waals surface area contributed by atoms with Crippen LogP contribution in [0.15, 0.2) is 47.5 Å². The molecule has 1 aromatic heterocycles. The van der Waals surface area contributed by atoms with Gasteiger partial charge in [-0.15, -0.1) is 0 Å². The minimum Gasteiger partial charge on any atom is -0.506 e. The summed E-state index contributed by atoms with van der Waals surface area (Å²) < 4.78 is 1.69. The predicted molar refractivity (Wildman–Crippen MR) is 108 cm³/mol. The standard InChI is InChI=1S/C21H22N4O3/c1-13(26)24-8-6-16(7-9-24)25-12-23-19-4-2-14(10-17(19)21(25)28)15-3-5-20(27)18(22)11-15/h2-5,10-12,16,27H,6-9,22H2,1H3. The van der Waals surface area contributed by atoms with E-state index in [1.54, 1.807) is 36.0 Å². The molecule has 144 valence electrons. The number of nitrogens with zero attached hydrogens (tertiary/aromatic N) is 3. The van der Waals surface area contributed by atoms with Crippen molar-refractivity contribution in [2.75, 3.05) is 18.8 Å². The fourth-order valence-corrected chi connectivity index (χ4v) is 3.77. The van der Waals surface area contributed by atoms with Crippen molar-refractivity contribution in [1.82, 2.24) is 14.5 Å². The summed E-state index contributed by atoms with van der Waals surface area (Å²) in [5.41, 5.74) is 8.30. The zero-order valence-electron chi connectivity index (χ0n) is 15.6. The van der Waals surface area contributed by atoms with Crippen LogP contribution in [0.1, 0.15) is 25.8 Å². The number of aromatic hydroxyl groups is 1. The van der Waals surface area contributed by atoms with Crippen molar-refractivity contribution in [3.63, 3.8) is 0 Å². The smallest absolute Gasteiger partial charge is 0.261 e. The molecule has 3 N–H and O–H groups in total. The van der Waals surface area contributed by atoms with E-state index in [-0.39, 0.29) is 23.3 Å². The van der Waals surface area contributed by atoms with E-state index in [0.29, 0.717) is 29.7 Å². The van der Waals surface area contributed by atoms with Crippen molar-refractivity contribution in [2.45, 2.75) is 25.8 Å². The molecular formula is C21H22N4O3. The molecule has 2 aromatic carbocycles. The highest BCUT2D eigenvalue weighted by molar-refractivity contribution is 5.84. The van der Waals surface area contributed by atoms with E-state index in [1.807, 2.05) is 23.1 Å². The van der Waals surface area contributed by atoms with Crippen LogP contribution in [0, 0.1) is 0 Å². The van der Waals surface area contributed by atoms with Crippen LogP contribution in [0.3, 0.4) is 0 Å². The van der Waals surface area contributed by atoms with Crippen LogP contribution < -0.4 is 11.3 Å². The number of nitrogens with two attached hydrogens (primary N) is 1. The van der Waals surface area contributed by atoms with Gasteiger partial charge in [0.15, 0.2) is 0 Å². The van der Waals surface area contributed by atoms with Gasteiger partial charge in [-0.1, -0.05) is 12.1 Å². The lowest BCUT2D eigenvalue weighted by Crippen LogP contribution is -2.39. The summed E-state index contributed by atoms with van der Waals surface area (Å²) in [6.07, 6.45) is 3.08. The molecule has 0 bridgehead atoms. The van der Waals surface area contributed by atoms with Crippen molar-refractivity contribution in [1.29, 1.82) is 0 Å². The normalized spacial score (nSPS) is 15.1. The van der Waals surface area contributed by atoms with Gasteiger partial charge in [-0.2, -0.15) is 0 Å². The summed E-state index contributed by atoms with van der Waals surface area (Å²) in [6.45, 7) is 2.87. The summed E-state index contributed by atoms with van der Waals surface area (Å²) >= 11 is 0. The number of anilines is 1. The summed E-state index contributed by atoms with van der Waals surface area (Å²) in [6, 6.07) is 10.5. The number of rotatable bonds is 2. The van der Waals surface area contributed by atoms with Gasteiger partial charge in [0.05, 0.1) is 22.9 Å². The molecule has 0 spiro atoms. The lowest BCUT2D eigenvalue weighted by atomic mass is 10.0. The third-order valence-electron chi connectivity index (χ3n) is 5.45. The van der Waals surface area contributed by atoms with Gasteiger partial charge in [-0.25, -0.2) is 4.98 Å². The molecule has 0 atom stereocenters. The first-order valence-corrected chi connectivity index (χ1v) is 9.29. The molecule has 0 saturated carbocycles. The van der Waals surface area contributed by atoms with Crippen LogP contribution in [0.25, 0.3) is 22.0 Å². The van der Waals surface area contributed by atoms with Gasteiger partial charge in [0, 0.05) is 26.1 Å². The van der Waals surface area contributed by atoms with Gasteiger partial charge in [0.2, 0.25) is 5.91 Å². The van der Waals surface area contributed by atoms with Crippen molar-refractivity contribution in [2.24, 2.45) is 0 Å². The van der Waals surface area contributed by atoms with Crippen LogP contribution in [-0.2, 0) is 4.79 Å². The van der Waals surface area contributed by atoms with Crippen molar-refractivity contribution in [3.05, 3.63) is 53.1 Å². The fourth-order valence-electron chi connectivity index (χ4n) is 3.77. The molecule has 3 aromatic rings. The van der Waals surface area contributed by atoms with Gasteiger partial charge in [0.1, 0.15) is 5.75 Å². The number of piperidine rings is 1. The predicted octanol–water partition coefficient (Wildman–Crippen LogP) is 2.53. The van der Waals surface area contributed by atoms with Crippen molar-refractivity contribution in [3.8, 4) is 16.9 Å². The highest BCUT2D eigenvalue weighted by atomic mass is 16.3. The molecule has 7 nitrogen and oxygen atoms in total. The number of hydrogen-bond acceptors (Lipinski definition) is 5. The first kappa shape index (κ1) is 18.0. The number of phenols is 1. The molecule has 4 rings (SSSR count). The van der Waals surface area contributed by atoms with E-state index < -0.39 is 0 Å². The number of benzene rings is 2. The molecule has 28 heavy (non-hydrogen) atoms. The second-order valence-electron chi connectivity index (χ2n) is 7.20. The monoisotopic (exact) mass is 378 g/mol. The quantitative estimate of drug-likeness (QED) is 0.527. The Hall–Kier alpha value is -3.35. The van der Waals surface area contributed by atoms with Crippen LogP contribution >= 0.6 is 0 Å². The molecule has 1 aliphatic heterocycles. The van der Waals surface area contributed by atoms with E-state index in [0.717, 1.165) is 24.0 Å². The number of likely N-dealkylation sites (tertiary alicyclic amines) is 1. The van der Waals surface area contributed by atoms with E-state index >= 15 is 0 Å². The minimum atomic E-state index is -0.0834. The number of carbonyl (C=O) groups excluding carboxylic acids is 1. The first-order chi connectivity index (χ1) is 13.4. The zero-order valence-corrected chi connectivity index (χ0v) is 15.6. The Morgan fingerprint density at radius 1 is 1.14 bits per heavy atom. The van der Waals surface area contributed by atoms with E-state index in [9.17, 15) is 14.7 Å². The molecule has 0 unspecified atom stereocenters. The number of amides is 1.